The Bertz CT molecular complexity index is 786. The van der Waals surface area contributed by atoms with E-state index < -0.39 is 0 Å². The van der Waals surface area contributed by atoms with E-state index in [1.165, 1.54) is 4.90 Å². The van der Waals surface area contributed by atoms with Crippen molar-refractivity contribution in [3.05, 3.63) is 60.2 Å². The van der Waals surface area contributed by atoms with Crippen molar-refractivity contribution in [1.82, 2.24) is 4.90 Å². The van der Waals surface area contributed by atoms with Crippen LogP contribution in [0.15, 0.2) is 54.6 Å². The zero-order chi connectivity index (χ0) is 19.2. The van der Waals surface area contributed by atoms with Crippen LogP contribution in [0.4, 0.5) is 5.69 Å². The molecule has 3 rings (SSSR count). The molecule has 0 unspecified atom stereocenters. The van der Waals surface area contributed by atoms with Crippen molar-refractivity contribution in [3.63, 3.8) is 0 Å². The molecule has 0 aromatic heterocycles. The molecule has 0 bridgehead atoms. The summed E-state index contributed by atoms with van der Waals surface area (Å²) in [5, 5.41) is 3.03. The van der Waals surface area contributed by atoms with Crippen LogP contribution in [0, 0.1) is 0 Å². The molecule has 6 nitrogen and oxygen atoms in total. The Hall–Kier alpha value is -2.86. The Kier molecular flexibility index (Phi) is 6.08. The zero-order valence-corrected chi connectivity index (χ0v) is 15.8. The predicted octanol–water partition coefficient (Wildman–Crippen LogP) is 1.12. The molecule has 2 N–H and O–H groups in total. The van der Waals surface area contributed by atoms with Crippen molar-refractivity contribution in [2.24, 2.45) is 0 Å². The fourth-order valence-corrected chi connectivity index (χ4v) is 3.53. The Balaban J connectivity index is 1.80. The number of carbonyl (C=O) groups is 2. The molecule has 2 amide bonds. The van der Waals surface area contributed by atoms with Gasteiger partial charge in [0.1, 0.15) is 5.75 Å². The second-order valence-electron chi connectivity index (χ2n) is 6.73. The van der Waals surface area contributed by atoms with E-state index in [-0.39, 0.29) is 17.9 Å². The Morgan fingerprint density at radius 3 is 2.41 bits per heavy atom. The maximum Gasteiger partial charge on any atom is 0.287 e. The molecule has 0 spiro atoms. The first-order valence-corrected chi connectivity index (χ1v) is 9.18. The number of amides is 2. The third kappa shape index (κ3) is 4.65. The molecular formula is C21H26N3O3+. The van der Waals surface area contributed by atoms with Crippen LogP contribution < -0.4 is 15.0 Å². The molecule has 1 fully saturated rings. The van der Waals surface area contributed by atoms with Gasteiger partial charge in [0.05, 0.1) is 33.3 Å². The van der Waals surface area contributed by atoms with Crippen LogP contribution in [0.5, 0.6) is 5.75 Å². The highest BCUT2D eigenvalue weighted by Gasteiger charge is 2.34. The topological polar surface area (TPSA) is 63.1 Å². The highest BCUT2D eigenvalue weighted by Crippen LogP contribution is 2.19. The summed E-state index contributed by atoms with van der Waals surface area (Å²) < 4.78 is 5.24. The van der Waals surface area contributed by atoms with E-state index >= 15 is 0 Å². The smallest absolute Gasteiger partial charge is 0.287 e. The van der Waals surface area contributed by atoms with E-state index in [1.807, 2.05) is 59.5 Å². The average molecular weight is 368 g/mol. The lowest BCUT2D eigenvalue weighted by atomic mass is 10.0. The van der Waals surface area contributed by atoms with Crippen molar-refractivity contribution < 1.29 is 19.2 Å². The number of anilines is 1. The summed E-state index contributed by atoms with van der Waals surface area (Å²) in [5.74, 6) is 0.735. The number of quaternary nitrogens is 1. The van der Waals surface area contributed by atoms with Gasteiger partial charge in [0, 0.05) is 24.2 Å². The first-order chi connectivity index (χ1) is 13.1. The predicted molar refractivity (Wildman–Crippen MR) is 104 cm³/mol. The quantitative estimate of drug-likeness (QED) is 0.832. The van der Waals surface area contributed by atoms with Crippen LogP contribution in [-0.4, -0.2) is 50.0 Å². The average Bonchev–Trinajstić information content (AvgIpc) is 2.69. The summed E-state index contributed by atoms with van der Waals surface area (Å²) in [4.78, 5) is 27.8. The number of hydrogen-bond donors (Lipinski definition) is 2. The minimum absolute atomic E-state index is 0.0549. The molecule has 2 aromatic rings. The van der Waals surface area contributed by atoms with E-state index in [4.69, 9.17) is 4.74 Å². The van der Waals surface area contributed by atoms with Crippen molar-refractivity contribution >= 4 is 17.5 Å². The standard InChI is InChI=1S/C21H25N3O3/c1-16(25)23-11-13-24(14-12-23)20(17-7-4-3-5-8-17)21(26)22-18-9-6-10-19(15-18)27-2/h3-10,15,20H,11-14H2,1-2H3,(H,22,26)/p+1/t20-/m0/s1. The van der Waals surface area contributed by atoms with Crippen LogP contribution in [0.3, 0.4) is 0 Å². The Morgan fingerprint density at radius 2 is 1.78 bits per heavy atom. The SMILES string of the molecule is COc1cccc(NC(=O)[C@H](c2ccccc2)[NH+]2CCN(C(C)=O)CC2)c1. The minimum Gasteiger partial charge on any atom is -0.497 e. The number of hydrogen-bond acceptors (Lipinski definition) is 3. The summed E-state index contributed by atoms with van der Waals surface area (Å²) in [6.45, 7) is 4.41. The normalized spacial score (nSPS) is 15.9. The van der Waals surface area contributed by atoms with E-state index in [0.29, 0.717) is 24.5 Å². The van der Waals surface area contributed by atoms with E-state index in [9.17, 15) is 9.59 Å². The van der Waals surface area contributed by atoms with Crippen LogP contribution in [0.25, 0.3) is 0 Å². The first-order valence-electron chi connectivity index (χ1n) is 9.18. The number of carbonyl (C=O) groups excluding carboxylic acids is 2. The van der Waals surface area contributed by atoms with E-state index in [2.05, 4.69) is 5.32 Å². The Labute approximate surface area is 159 Å². The van der Waals surface area contributed by atoms with Crippen molar-refractivity contribution in [2.45, 2.75) is 13.0 Å². The lowest BCUT2D eigenvalue weighted by Crippen LogP contribution is -3.16. The summed E-state index contributed by atoms with van der Waals surface area (Å²) in [7, 11) is 1.60. The number of ether oxygens (including phenoxy) is 1. The summed E-state index contributed by atoms with van der Waals surface area (Å²) in [6, 6.07) is 16.9. The molecule has 0 radical (unpaired) electrons. The maximum absolute atomic E-state index is 13.2. The second-order valence-corrected chi connectivity index (χ2v) is 6.73. The van der Waals surface area contributed by atoms with Crippen molar-refractivity contribution in [1.29, 1.82) is 0 Å². The van der Waals surface area contributed by atoms with Crippen molar-refractivity contribution in [3.8, 4) is 5.75 Å². The van der Waals surface area contributed by atoms with Crippen LogP contribution >= 0.6 is 0 Å². The van der Waals surface area contributed by atoms with E-state index in [0.717, 1.165) is 18.7 Å². The number of nitrogens with one attached hydrogen (secondary N) is 2. The maximum atomic E-state index is 13.2. The molecule has 2 aromatic carbocycles. The highest BCUT2D eigenvalue weighted by molar-refractivity contribution is 5.94. The zero-order valence-electron chi connectivity index (χ0n) is 15.8. The largest absolute Gasteiger partial charge is 0.497 e. The lowest BCUT2D eigenvalue weighted by Gasteiger charge is -2.35. The summed E-state index contributed by atoms with van der Waals surface area (Å²) in [6.07, 6.45) is 0. The van der Waals surface area contributed by atoms with Crippen LogP contribution in [0.1, 0.15) is 18.5 Å². The van der Waals surface area contributed by atoms with Gasteiger partial charge in [-0.2, -0.15) is 0 Å². The molecule has 1 aliphatic rings. The fraction of sp³-hybridized carbons (Fsp3) is 0.333. The minimum atomic E-state index is -0.327. The monoisotopic (exact) mass is 368 g/mol. The first kappa shape index (κ1) is 18.9. The number of benzene rings is 2. The molecule has 1 aliphatic heterocycles. The third-order valence-corrected chi connectivity index (χ3v) is 4.99. The van der Waals surface area contributed by atoms with Gasteiger partial charge < -0.3 is 19.9 Å². The molecule has 1 heterocycles. The molecule has 0 saturated carbocycles. The summed E-state index contributed by atoms with van der Waals surface area (Å²) >= 11 is 0. The second kappa shape index (κ2) is 8.68. The molecular weight excluding hydrogens is 342 g/mol. The van der Waals surface area contributed by atoms with Gasteiger partial charge in [-0.15, -0.1) is 0 Å². The number of nitrogens with zero attached hydrogens (tertiary/aromatic N) is 1. The van der Waals surface area contributed by atoms with Crippen molar-refractivity contribution in [2.75, 3.05) is 38.6 Å². The molecule has 0 aliphatic carbocycles. The number of piperazine rings is 1. The van der Waals surface area contributed by atoms with Gasteiger partial charge >= 0.3 is 0 Å². The van der Waals surface area contributed by atoms with Gasteiger partial charge in [-0.3, -0.25) is 9.59 Å². The third-order valence-electron chi connectivity index (χ3n) is 4.99. The number of methoxy groups -OCH3 is 1. The fourth-order valence-electron chi connectivity index (χ4n) is 3.53. The van der Waals surface area contributed by atoms with Crippen LogP contribution in [0.2, 0.25) is 0 Å². The van der Waals surface area contributed by atoms with Gasteiger partial charge in [-0.1, -0.05) is 36.4 Å². The van der Waals surface area contributed by atoms with Crippen LogP contribution in [-0.2, 0) is 9.59 Å². The van der Waals surface area contributed by atoms with Gasteiger partial charge in [-0.25, -0.2) is 0 Å². The molecule has 1 saturated heterocycles. The van der Waals surface area contributed by atoms with Gasteiger partial charge in [-0.05, 0) is 12.1 Å². The van der Waals surface area contributed by atoms with Gasteiger partial charge in [0.25, 0.3) is 5.91 Å². The molecule has 1 atom stereocenters. The lowest BCUT2D eigenvalue weighted by molar-refractivity contribution is -0.925. The van der Waals surface area contributed by atoms with E-state index in [1.54, 1.807) is 14.0 Å². The summed E-state index contributed by atoms with van der Waals surface area (Å²) in [5.41, 5.74) is 1.69. The molecule has 6 heteroatoms. The van der Waals surface area contributed by atoms with Gasteiger partial charge in [0.2, 0.25) is 5.91 Å². The van der Waals surface area contributed by atoms with Gasteiger partial charge in [0.15, 0.2) is 6.04 Å². The number of rotatable bonds is 5. The molecule has 142 valence electrons. The Morgan fingerprint density at radius 1 is 1.07 bits per heavy atom. The molecule has 27 heavy (non-hydrogen) atoms. The highest BCUT2D eigenvalue weighted by atomic mass is 16.5.